The van der Waals surface area contributed by atoms with Crippen molar-refractivity contribution in [3.8, 4) is 6.01 Å². The molecule has 0 saturated carbocycles. The van der Waals surface area contributed by atoms with Crippen LogP contribution in [0.1, 0.15) is 32.9 Å². The van der Waals surface area contributed by atoms with E-state index in [1.54, 1.807) is 20.8 Å². The third kappa shape index (κ3) is 4.96. The predicted octanol–water partition coefficient (Wildman–Crippen LogP) is 5.56. The number of ether oxygens (including phenoxy) is 1. The predicted molar refractivity (Wildman–Crippen MR) is 112 cm³/mol. The van der Waals surface area contributed by atoms with Gasteiger partial charge in [0.1, 0.15) is 5.82 Å². The van der Waals surface area contributed by atoms with E-state index in [0.29, 0.717) is 28.3 Å². The molecule has 3 rings (SSSR count). The summed E-state index contributed by atoms with van der Waals surface area (Å²) in [6.07, 6.45) is -4.61. The van der Waals surface area contributed by atoms with Crippen LogP contribution in [-0.4, -0.2) is 23.0 Å². The third-order valence-corrected chi connectivity index (χ3v) is 4.72. The Balaban J connectivity index is 2.02. The molecular weight excluding hydrogens is 428 g/mol. The van der Waals surface area contributed by atoms with Crippen LogP contribution in [0.3, 0.4) is 0 Å². The quantitative estimate of drug-likeness (QED) is 0.500. The molecule has 0 aliphatic carbocycles. The van der Waals surface area contributed by atoms with E-state index in [1.807, 2.05) is 0 Å². The number of rotatable bonds is 5. The minimum Gasteiger partial charge on any atom is -0.467 e. The second-order valence-corrected chi connectivity index (χ2v) is 7.05. The summed E-state index contributed by atoms with van der Waals surface area (Å²) in [6, 6.07) is 6.65. The number of benzene rings is 2. The van der Waals surface area contributed by atoms with Crippen LogP contribution in [0.2, 0.25) is 0 Å². The number of anilines is 3. The zero-order chi connectivity index (χ0) is 23.6. The van der Waals surface area contributed by atoms with E-state index in [-0.39, 0.29) is 17.3 Å². The van der Waals surface area contributed by atoms with E-state index in [1.165, 1.54) is 25.3 Å². The monoisotopic (exact) mass is 448 g/mol. The minimum absolute atomic E-state index is 0.0451. The Morgan fingerprint density at radius 1 is 0.969 bits per heavy atom. The van der Waals surface area contributed by atoms with Crippen molar-refractivity contribution in [3.05, 3.63) is 70.3 Å². The van der Waals surface area contributed by atoms with E-state index in [9.17, 15) is 22.4 Å². The molecule has 1 amide bonds. The first-order valence-corrected chi connectivity index (χ1v) is 9.44. The van der Waals surface area contributed by atoms with Gasteiger partial charge in [-0.15, -0.1) is 0 Å². The van der Waals surface area contributed by atoms with Crippen LogP contribution in [0.25, 0.3) is 0 Å². The van der Waals surface area contributed by atoms with Crippen LogP contribution in [0, 0.1) is 26.6 Å². The average Bonchev–Trinajstić information content (AvgIpc) is 2.71. The van der Waals surface area contributed by atoms with E-state index >= 15 is 0 Å². The van der Waals surface area contributed by atoms with Gasteiger partial charge in [0.2, 0.25) is 0 Å². The molecule has 10 heteroatoms. The van der Waals surface area contributed by atoms with Crippen LogP contribution >= 0.6 is 0 Å². The maximum Gasteiger partial charge on any atom is 0.416 e. The Morgan fingerprint density at radius 2 is 1.62 bits per heavy atom. The van der Waals surface area contributed by atoms with Crippen LogP contribution < -0.4 is 15.4 Å². The third-order valence-electron chi connectivity index (χ3n) is 4.72. The van der Waals surface area contributed by atoms with Gasteiger partial charge in [-0.1, -0.05) is 0 Å². The number of aromatic nitrogens is 2. The lowest BCUT2D eigenvalue weighted by Gasteiger charge is -2.17. The Hall–Kier alpha value is -3.69. The molecule has 0 radical (unpaired) electrons. The van der Waals surface area contributed by atoms with Gasteiger partial charge in [-0.2, -0.15) is 23.1 Å². The maximum atomic E-state index is 13.4. The smallest absolute Gasteiger partial charge is 0.416 e. The van der Waals surface area contributed by atoms with Crippen molar-refractivity contribution in [3.63, 3.8) is 0 Å². The zero-order valence-corrected chi connectivity index (χ0v) is 17.7. The SMILES string of the molecule is COc1nc(C)c(NC(=O)c2ccc(C(F)(F)F)cc2Nc2ccc(F)cc2C)c(C)n1. The molecule has 2 aromatic carbocycles. The summed E-state index contributed by atoms with van der Waals surface area (Å²) in [6.45, 7) is 4.88. The highest BCUT2D eigenvalue weighted by molar-refractivity contribution is 6.09. The molecule has 168 valence electrons. The number of methoxy groups -OCH3 is 1. The summed E-state index contributed by atoms with van der Waals surface area (Å²) in [5, 5.41) is 5.47. The molecule has 0 aliphatic heterocycles. The fraction of sp³-hybridized carbons (Fsp3) is 0.227. The number of halogens is 4. The van der Waals surface area contributed by atoms with Gasteiger partial charge in [-0.3, -0.25) is 4.79 Å². The molecule has 32 heavy (non-hydrogen) atoms. The Labute approximate surface area is 181 Å². The highest BCUT2D eigenvalue weighted by Crippen LogP contribution is 2.34. The van der Waals surface area contributed by atoms with Gasteiger partial charge in [0.15, 0.2) is 0 Å². The van der Waals surface area contributed by atoms with Crippen molar-refractivity contribution in [2.75, 3.05) is 17.7 Å². The minimum atomic E-state index is -4.61. The topological polar surface area (TPSA) is 76.1 Å². The standard InChI is InChI=1S/C22H20F4N4O2/c1-11-9-15(23)6-8-17(11)29-18-10-14(22(24,25)26)5-7-16(18)20(31)30-19-12(2)27-21(32-4)28-13(19)3/h5-10,29H,1-4H3,(H,30,31). The van der Waals surface area contributed by atoms with Gasteiger partial charge >= 0.3 is 12.2 Å². The first-order chi connectivity index (χ1) is 15.0. The van der Waals surface area contributed by atoms with Crippen molar-refractivity contribution in [2.24, 2.45) is 0 Å². The molecule has 0 unspecified atom stereocenters. The number of carbonyl (C=O) groups is 1. The highest BCUT2D eigenvalue weighted by atomic mass is 19.4. The van der Waals surface area contributed by atoms with Gasteiger partial charge < -0.3 is 15.4 Å². The molecular formula is C22H20F4N4O2. The summed E-state index contributed by atoms with van der Waals surface area (Å²) in [4.78, 5) is 21.2. The summed E-state index contributed by atoms with van der Waals surface area (Å²) in [5.74, 6) is -1.15. The number of aryl methyl sites for hydroxylation is 3. The van der Waals surface area contributed by atoms with Gasteiger partial charge in [0, 0.05) is 5.69 Å². The maximum absolute atomic E-state index is 13.4. The molecule has 0 fully saturated rings. The summed E-state index contributed by atoms with van der Waals surface area (Å²) >= 11 is 0. The number of carbonyl (C=O) groups excluding carboxylic acids is 1. The van der Waals surface area contributed by atoms with Gasteiger partial charge in [0.05, 0.1) is 41.0 Å². The molecule has 0 aliphatic rings. The van der Waals surface area contributed by atoms with E-state index < -0.39 is 23.5 Å². The van der Waals surface area contributed by atoms with Crippen LogP contribution in [0.4, 0.5) is 34.6 Å². The van der Waals surface area contributed by atoms with Crippen molar-refractivity contribution in [1.29, 1.82) is 0 Å². The first-order valence-electron chi connectivity index (χ1n) is 9.44. The second kappa shape index (κ2) is 8.81. The van der Waals surface area contributed by atoms with E-state index in [2.05, 4.69) is 20.6 Å². The molecule has 1 heterocycles. The Morgan fingerprint density at radius 3 is 2.19 bits per heavy atom. The molecule has 2 N–H and O–H groups in total. The van der Waals surface area contributed by atoms with Crippen molar-refractivity contribution < 1.29 is 27.1 Å². The molecule has 3 aromatic rings. The van der Waals surface area contributed by atoms with Gasteiger partial charge in [-0.25, -0.2) is 4.39 Å². The van der Waals surface area contributed by atoms with Crippen molar-refractivity contribution in [1.82, 2.24) is 9.97 Å². The molecule has 6 nitrogen and oxygen atoms in total. The van der Waals surface area contributed by atoms with Gasteiger partial charge in [-0.05, 0) is 62.7 Å². The number of nitrogens with zero attached hydrogens (tertiary/aromatic N) is 2. The second-order valence-electron chi connectivity index (χ2n) is 7.05. The van der Waals surface area contributed by atoms with Crippen molar-refractivity contribution >= 4 is 23.0 Å². The summed E-state index contributed by atoms with van der Waals surface area (Å²) < 4.78 is 58.3. The normalized spacial score (nSPS) is 11.2. The van der Waals surface area contributed by atoms with Crippen LogP contribution in [0.5, 0.6) is 6.01 Å². The molecule has 1 aromatic heterocycles. The average molecular weight is 448 g/mol. The lowest BCUT2D eigenvalue weighted by Crippen LogP contribution is -2.18. The lowest BCUT2D eigenvalue weighted by molar-refractivity contribution is -0.137. The largest absolute Gasteiger partial charge is 0.467 e. The number of hydrogen-bond acceptors (Lipinski definition) is 5. The van der Waals surface area contributed by atoms with E-state index in [4.69, 9.17) is 4.74 Å². The number of amides is 1. The van der Waals surface area contributed by atoms with E-state index in [0.717, 1.165) is 18.2 Å². The summed E-state index contributed by atoms with van der Waals surface area (Å²) in [5.41, 5.74) is 0.935. The Kier molecular flexibility index (Phi) is 6.33. The fourth-order valence-electron chi connectivity index (χ4n) is 3.07. The fourth-order valence-corrected chi connectivity index (χ4v) is 3.07. The number of hydrogen-bond donors (Lipinski definition) is 2. The van der Waals surface area contributed by atoms with Crippen LogP contribution in [-0.2, 0) is 6.18 Å². The zero-order valence-electron chi connectivity index (χ0n) is 17.7. The lowest BCUT2D eigenvalue weighted by atomic mass is 10.1. The first kappa shape index (κ1) is 23.0. The van der Waals surface area contributed by atoms with Gasteiger partial charge in [0.25, 0.3) is 5.91 Å². The molecule has 0 saturated heterocycles. The summed E-state index contributed by atoms with van der Waals surface area (Å²) in [7, 11) is 1.41. The molecule has 0 atom stereocenters. The Bertz CT molecular complexity index is 1160. The van der Waals surface area contributed by atoms with Crippen molar-refractivity contribution in [2.45, 2.75) is 26.9 Å². The number of nitrogens with one attached hydrogen (secondary N) is 2. The van der Waals surface area contributed by atoms with Crippen LogP contribution in [0.15, 0.2) is 36.4 Å². The number of alkyl halides is 3. The highest BCUT2D eigenvalue weighted by Gasteiger charge is 2.32. The molecule has 0 bridgehead atoms. The molecule has 0 spiro atoms.